The lowest BCUT2D eigenvalue weighted by atomic mass is 10.1. The van der Waals surface area contributed by atoms with E-state index in [-0.39, 0.29) is 0 Å². The number of halogens is 1. The highest BCUT2D eigenvalue weighted by Gasteiger charge is 2.15. The van der Waals surface area contributed by atoms with Crippen LogP contribution in [0.3, 0.4) is 0 Å². The molecule has 1 saturated heterocycles. The second-order valence-electron chi connectivity index (χ2n) is 5.88. The maximum Gasteiger partial charge on any atom is 0.0404 e. The van der Waals surface area contributed by atoms with Crippen molar-refractivity contribution in [3.8, 4) is 0 Å². The van der Waals surface area contributed by atoms with Crippen LogP contribution in [0.1, 0.15) is 5.56 Å². The number of hydrogen-bond donors (Lipinski definition) is 0. The summed E-state index contributed by atoms with van der Waals surface area (Å²) in [6.07, 6.45) is 4.20. The summed E-state index contributed by atoms with van der Waals surface area (Å²) in [7, 11) is 0. The Bertz CT molecular complexity index is 630. The first-order valence-corrected chi connectivity index (χ1v) is 8.52. The molecule has 3 rings (SSSR count). The minimum Gasteiger partial charge on any atom is -0.297 e. The summed E-state index contributed by atoms with van der Waals surface area (Å²) in [5.74, 6) is 0.613. The van der Waals surface area contributed by atoms with Gasteiger partial charge in [-0.05, 0) is 22.4 Å². The van der Waals surface area contributed by atoms with Crippen LogP contribution >= 0.6 is 11.6 Å². The number of nitrogens with zero attached hydrogens (tertiary/aromatic N) is 2. The van der Waals surface area contributed by atoms with Crippen LogP contribution < -0.4 is 0 Å². The van der Waals surface area contributed by atoms with Gasteiger partial charge in [-0.15, -0.1) is 11.6 Å². The molecular formula is C19H23ClN2. The van der Waals surface area contributed by atoms with Gasteiger partial charge in [-0.2, -0.15) is 0 Å². The predicted molar refractivity (Wildman–Crippen MR) is 95.5 cm³/mol. The topological polar surface area (TPSA) is 6.48 Å². The number of rotatable bonds is 5. The molecular weight excluding hydrogens is 292 g/mol. The van der Waals surface area contributed by atoms with E-state index in [0.29, 0.717) is 5.88 Å². The molecule has 0 bridgehead atoms. The number of hydrogen-bond acceptors (Lipinski definition) is 2. The number of allylic oxidation sites excluding steroid dienone is 1. The largest absolute Gasteiger partial charge is 0.297 e. The van der Waals surface area contributed by atoms with E-state index in [4.69, 9.17) is 11.6 Å². The van der Waals surface area contributed by atoms with E-state index in [9.17, 15) is 0 Å². The van der Waals surface area contributed by atoms with Gasteiger partial charge in [0.15, 0.2) is 0 Å². The molecule has 0 unspecified atom stereocenters. The van der Waals surface area contributed by atoms with Crippen molar-refractivity contribution < 1.29 is 0 Å². The molecule has 0 saturated carbocycles. The van der Waals surface area contributed by atoms with Gasteiger partial charge in [-0.25, -0.2) is 0 Å². The first-order chi connectivity index (χ1) is 10.8. The minimum absolute atomic E-state index is 0.613. The van der Waals surface area contributed by atoms with Crippen molar-refractivity contribution >= 4 is 22.4 Å². The Balaban J connectivity index is 1.54. The van der Waals surface area contributed by atoms with Gasteiger partial charge >= 0.3 is 0 Å². The van der Waals surface area contributed by atoms with Crippen LogP contribution in [0, 0.1) is 0 Å². The number of piperazine rings is 1. The van der Waals surface area contributed by atoms with Crippen molar-refractivity contribution in [2.75, 3.05) is 38.6 Å². The molecule has 1 fully saturated rings. The lowest BCUT2D eigenvalue weighted by Gasteiger charge is -2.34. The van der Waals surface area contributed by atoms with Crippen LogP contribution in [0.5, 0.6) is 0 Å². The van der Waals surface area contributed by atoms with E-state index in [1.54, 1.807) is 0 Å². The Morgan fingerprint density at radius 1 is 0.864 bits per heavy atom. The zero-order chi connectivity index (χ0) is 15.2. The Morgan fingerprint density at radius 3 is 2.36 bits per heavy atom. The van der Waals surface area contributed by atoms with Crippen LogP contribution in [0.15, 0.2) is 54.6 Å². The molecule has 2 aromatic rings. The summed E-state index contributed by atoms with van der Waals surface area (Å²) in [6.45, 7) is 6.64. The van der Waals surface area contributed by atoms with Crippen molar-refractivity contribution in [1.82, 2.24) is 9.80 Å². The van der Waals surface area contributed by atoms with Gasteiger partial charge in [-0.1, -0.05) is 48.6 Å². The fraction of sp³-hybridized carbons (Fsp3) is 0.368. The van der Waals surface area contributed by atoms with Crippen LogP contribution in [0.2, 0.25) is 0 Å². The second-order valence-corrected chi connectivity index (χ2v) is 6.19. The average Bonchev–Trinajstić information content (AvgIpc) is 2.57. The summed E-state index contributed by atoms with van der Waals surface area (Å²) in [4.78, 5) is 5.03. The van der Waals surface area contributed by atoms with Crippen LogP contribution in [-0.2, 0) is 6.54 Å². The van der Waals surface area contributed by atoms with Gasteiger partial charge in [0, 0.05) is 45.1 Å². The molecule has 0 amide bonds. The summed E-state index contributed by atoms with van der Waals surface area (Å²) in [6, 6.07) is 15.4. The Morgan fingerprint density at radius 2 is 1.59 bits per heavy atom. The first kappa shape index (κ1) is 15.5. The van der Waals surface area contributed by atoms with Gasteiger partial charge < -0.3 is 0 Å². The zero-order valence-electron chi connectivity index (χ0n) is 12.9. The second kappa shape index (κ2) is 7.77. The standard InChI is InChI=1S/C19H23ClN2/c20-9-3-4-10-21-11-13-22(14-12-21)16-17-7-8-18-5-1-2-6-19(18)15-17/h1-8,15H,9-14,16H2/b4-3+. The molecule has 2 nitrogen and oxygen atoms in total. The molecule has 0 spiro atoms. The van der Waals surface area contributed by atoms with Gasteiger partial charge in [-0.3, -0.25) is 9.80 Å². The van der Waals surface area contributed by atoms with Gasteiger partial charge in [0.25, 0.3) is 0 Å². The Labute approximate surface area is 138 Å². The summed E-state index contributed by atoms with van der Waals surface area (Å²) in [5, 5.41) is 2.66. The molecule has 2 aromatic carbocycles. The minimum atomic E-state index is 0.613. The lowest BCUT2D eigenvalue weighted by molar-refractivity contribution is 0.137. The molecule has 0 aromatic heterocycles. The third kappa shape index (κ3) is 4.10. The summed E-state index contributed by atoms with van der Waals surface area (Å²) in [5.41, 5.74) is 1.41. The molecule has 0 aliphatic carbocycles. The van der Waals surface area contributed by atoms with Gasteiger partial charge in [0.1, 0.15) is 0 Å². The molecule has 0 N–H and O–H groups in total. The Kier molecular flexibility index (Phi) is 5.49. The van der Waals surface area contributed by atoms with E-state index < -0.39 is 0 Å². The van der Waals surface area contributed by atoms with E-state index in [0.717, 1.165) is 39.3 Å². The smallest absolute Gasteiger partial charge is 0.0404 e. The van der Waals surface area contributed by atoms with E-state index in [2.05, 4.69) is 58.3 Å². The molecule has 1 aliphatic heterocycles. The van der Waals surface area contributed by atoms with Crippen molar-refractivity contribution in [3.63, 3.8) is 0 Å². The predicted octanol–water partition coefficient (Wildman–Crippen LogP) is 3.75. The lowest BCUT2D eigenvalue weighted by Crippen LogP contribution is -2.45. The van der Waals surface area contributed by atoms with Crippen LogP contribution in [-0.4, -0.2) is 48.4 Å². The average molecular weight is 315 g/mol. The monoisotopic (exact) mass is 314 g/mol. The fourth-order valence-corrected chi connectivity index (χ4v) is 3.14. The highest BCUT2D eigenvalue weighted by Crippen LogP contribution is 2.17. The molecule has 1 aliphatic rings. The third-order valence-corrected chi connectivity index (χ3v) is 4.48. The quantitative estimate of drug-likeness (QED) is 0.612. The highest BCUT2D eigenvalue weighted by atomic mass is 35.5. The number of alkyl halides is 1. The summed E-state index contributed by atoms with van der Waals surface area (Å²) >= 11 is 5.66. The van der Waals surface area contributed by atoms with Crippen molar-refractivity contribution in [3.05, 3.63) is 60.2 Å². The Hall–Kier alpha value is -1.35. The SMILES string of the molecule is ClC/C=C/CN1CCN(Cc2ccc3ccccc3c2)CC1. The van der Waals surface area contributed by atoms with E-state index in [1.165, 1.54) is 16.3 Å². The molecule has 116 valence electrons. The number of fused-ring (bicyclic) bond motifs is 1. The zero-order valence-corrected chi connectivity index (χ0v) is 13.7. The normalized spacial score (nSPS) is 17.5. The molecule has 0 atom stereocenters. The van der Waals surface area contributed by atoms with Gasteiger partial charge in [0.05, 0.1) is 0 Å². The van der Waals surface area contributed by atoms with Crippen molar-refractivity contribution in [1.29, 1.82) is 0 Å². The maximum atomic E-state index is 5.66. The molecule has 3 heteroatoms. The molecule has 22 heavy (non-hydrogen) atoms. The van der Waals surface area contributed by atoms with Crippen molar-refractivity contribution in [2.24, 2.45) is 0 Å². The van der Waals surface area contributed by atoms with Gasteiger partial charge in [0.2, 0.25) is 0 Å². The van der Waals surface area contributed by atoms with Crippen LogP contribution in [0.25, 0.3) is 10.8 Å². The molecule has 1 heterocycles. The van der Waals surface area contributed by atoms with E-state index >= 15 is 0 Å². The maximum absolute atomic E-state index is 5.66. The van der Waals surface area contributed by atoms with Crippen LogP contribution in [0.4, 0.5) is 0 Å². The number of benzene rings is 2. The third-order valence-electron chi connectivity index (χ3n) is 4.30. The highest BCUT2D eigenvalue weighted by molar-refractivity contribution is 6.18. The summed E-state index contributed by atoms with van der Waals surface area (Å²) < 4.78 is 0. The van der Waals surface area contributed by atoms with E-state index in [1.807, 2.05) is 6.08 Å². The van der Waals surface area contributed by atoms with Crippen molar-refractivity contribution in [2.45, 2.75) is 6.54 Å². The first-order valence-electron chi connectivity index (χ1n) is 7.98. The fourth-order valence-electron chi connectivity index (χ4n) is 3.01. The molecule has 0 radical (unpaired) electrons.